The lowest BCUT2D eigenvalue weighted by Gasteiger charge is -2.19. The van der Waals surface area contributed by atoms with E-state index in [1.165, 1.54) is 17.3 Å². The van der Waals surface area contributed by atoms with Crippen LogP contribution in [0.2, 0.25) is 0 Å². The van der Waals surface area contributed by atoms with Crippen molar-refractivity contribution in [2.24, 2.45) is 0 Å². The zero-order valence-electron chi connectivity index (χ0n) is 19.6. The Morgan fingerprint density at radius 3 is 2.53 bits per heavy atom. The highest BCUT2D eigenvalue weighted by Gasteiger charge is 2.19. The molecule has 2 aromatic heterocycles. The predicted molar refractivity (Wildman–Crippen MR) is 140 cm³/mol. The van der Waals surface area contributed by atoms with Crippen LogP contribution >= 0.6 is 27.7 Å². The lowest BCUT2D eigenvalue weighted by molar-refractivity contribution is -0.113. The number of hydrogen-bond acceptors (Lipinski definition) is 5. The highest BCUT2D eigenvalue weighted by Crippen LogP contribution is 2.29. The fourth-order valence-electron chi connectivity index (χ4n) is 3.47. The van der Waals surface area contributed by atoms with Crippen LogP contribution in [0.5, 0.6) is 0 Å². The Hall–Kier alpha value is -2.84. The number of benzene rings is 2. The molecule has 4 aromatic rings. The summed E-state index contributed by atoms with van der Waals surface area (Å²) in [5.74, 6) is 1.63. The molecule has 6 nitrogen and oxygen atoms in total. The molecule has 176 valence electrons. The average Bonchev–Trinajstić information content (AvgIpc) is 3.44. The molecule has 0 spiro atoms. The molecule has 2 aromatic carbocycles. The second-order valence-electron chi connectivity index (χ2n) is 9.12. The Kier molecular flexibility index (Phi) is 7.28. The maximum absolute atomic E-state index is 12.6. The normalized spacial score (nSPS) is 11.6. The molecule has 4 rings (SSSR count). The van der Waals surface area contributed by atoms with Gasteiger partial charge in [-0.05, 0) is 63.7 Å². The lowest BCUT2D eigenvalue weighted by Crippen LogP contribution is -2.15. The quantitative estimate of drug-likeness (QED) is 0.265. The van der Waals surface area contributed by atoms with E-state index in [4.69, 9.17) is 4.42 Å². The van der Waals surface area contributed by atoms with Crippen LogP contribution in [0.25, 0.3) is 11.4 Å². The van der Waals surface area contributed by atoms with Crippen molar-refractivity contribution in [3.8, 4) is 11.4 Å². The lowest BCUT2D eigenvalue weighted by atomic mass is 9.87. The molecular weight excluding hydrogens is 512 g/mol. The summed E-state index contributed by atoms with van der Waals surface area (Å²) in [6.45, 7) is 9.05. The summed E-state index contributed by atoms with van der Waals surface area (Å²) < 4.78 is 8.42. The molecule has 2 heterocycles. The van der Waals surface area contributed by atoms with Crippen molar-refractivity contribution in [2.75, 3.05) is 11.1 Å². The largest absolute Gasteiger partial charge is 0.467 e. The van der Waals surface area contributed by atoms with Crippen molar-refractivity contribution in [1.29, 1.82) is 0 Å². The number of nitrogens with zero attached hydrogens (tertiary/aromatic N) is 3. The SMILES string of the molecule is Cc1ccc(NC(=O)CSc2nnc(-c3ccc(C(C)(C)C)cc3)n2Cc2ccco2)c(Br)c1. The Morgan fingerprint density at radius 2 is 1.88 bits per heavy atom. The van der Waals surface area contributed by atoms with Crippen LogP contribution in [0, 0.1) is 6.92 Å². The minimum absolute atomic E-state index is 0.0706. The van der Waals surface area contributed by atoms with Gasteiger partial charge < -0.3 is 9.73 Å². The maximum Gasteiger partial charge on any atom is 0.234 e. The van der Waals surface area contributed by atoms with Gasteiger partial charge in [0.05, 0.1) is 24.2 Å². The van der Waals surface area contributed by atoms with Gasteiger partial charge in [-0.25, -0.2) is 0 Å². The van der Waals surface area contributed by atoms with Crippen molar-refractivity contribution in [3.05, 3.63) is 82.2 Å². The monoisotopic (exact) mass is 538 g/mol. The second-order valence-corrected chi connectivity index (χ2v) is 10.9. The van der Waals surface area contributed by atoms with E-state index in [1.54, 1.807) is 6.26 Å². The zero-order valence-corrected chi connectivity index (χ0v) is 22.0. The van der Waals surface area contributed by atoms with E-state index in [-0.39, 0.29) is 17.1 Å². The molecule has 1 N–H and O–H groups in total. The first kappa shape index (κ1) is 24.3. The Balaban J connectivity index is 1.55. The van der Waals surface area contributed by atoms with E-state index >= 15 is 0 Å². The fourth-order valence-corrected chi connectivity index (χ4v) is 4.80. The van der Waals surface area contributed by atoms with Gasteiger partial charge >= 0.3 is 0 Å². The fraction of sp³-hybridized carbons (Fsp3) is 0.269. The standard InChI is InChI=1S/C26H27BrN4O2S/c1-17-7-12-22(21(27)14-17)28-23(32)16-34-25-30-29-24(31(25)15-20-6-5-13-33-20)18-8-10-19(11-9-18)26(2,3)4/h5-14H,15-16H2,1-4H3,(H,28,32). The molecule has 0 radical (unpaired) electrons. The van der Waals surface area contributed by atoms with Gasteiger partial charge in [0, 0.05) is 10.0 Å². The molecule has 8 heteroatoms. The summed E-state index contributed by atoms with van der Waals surface area (Å²) in [5, 5.41) is 12.5. The minimum atomic E-state index is -0.113. The molecule has 34 heavy (non-hydrogen) atoms. The molecule has 0 bridgehead atoms. The number of aromatic nitrogens is 3. The number of anilines is 1. The smallest absolute Gasteiger partial charge is 0.234 e. The molecule has 0 saturated carbocycles. The molecule has 0 aliphatic heterocycles. The van der Waals surface area contributed by atoms with Gasteiger partial charge in [-0.2, -0.15) is 0 Å². The van der Waals surface area contributed by atoms with E-state index in [0.717, 1.165) is 32.9 Å². The first-order chi connectivity index (χ1) is 16.2. The number of halogens is 1. The number of furan rings is 1. The summed E-state index contributed by atoms with van der Waals surface area (Å²) >= 11 is 4.85. The molecule has 0 fully saturated rings. The number of thioether (sulfide) groups is 1. The summed E-state index contributed by atoms with van der Waals surface area (Å²) in [6, 6.07) is 18.0. The van der Waals surface area contributed by atoms with Crippen LogP contribution in [0.1, 0.15) is 37.7 Å². The van der Waals surface area contributed by atoms with Crippen LogP contribution in [-0.4, -0.2) is 26.4 Å². The third kappa shape index (κ3) is 5.80. The van der Waals surface area contributed by atoms with Crippen molar-refractivity contribution >= 4 is 39.3 Å². The van der Waals surface area contributed by atoms with Gasteiger partial charge in [0.15, 0.2) is 11.0 Å². The van der Waals surface area contributed by atoms with Gasteiger partial charge in [-0.1, -0.05) is 62.9 Å². The first-order valence-electron chi connectivity index (χ1n) is 11.0. The first-order valence-corrected chi connectivity index (χ1v) is 12.7. The third-order valence-electron chi connectivity index (χ3n) is 5.35. The highest BCUT2D eigenvalue weighted by atomic mass is 79.9. The highest BCUT2D eigenvalue weighted by molar-refractivity contribution is 9.10. The second kappa shape index (κ2) is 10.2. The van der Waals surface area contributed by atoms with Crippen molar-refractivity contribution < 1.29 is 9.21 Å². The average molecular weight is 539 g/mol. The van der Waals surface area contributed by atoms with Gasteiger partial charge in [-0.3, -0.25) is 9.36 Å². The number of hydrogen-bond donors (Lipinski definition) is 1. The van der Waals surface area contributed by atoms with Gasteiger partial charge in [0.25, 0.3) is 0 Å². The Labute approximate surface area is 212 Å². The molecule has 1 amide bonds. The molecule has 0 saturated heterocycles. The Bertz CT molecular complexity index is 1280. The summed E-state index contributed by atoms with van der Waals surface area (Å²) in [4.78, 5) is 12.6. The van der Waals surface area contributed by atoms with E-state index < -0.39 is 0 Å². The maximum atomic E-state index is 12.6. The molecule has 0 unspecified atom stereocenters. The van der Waals surface area contributed by atoms with Gasteiger partial charge in [0.2, 0.25) is 5.91 Å². The molecular formula is C26H27BrN4O2S. The van der Waals surface area contributed by atoms with Crippen LogP contribution in [0.4, 0.5) is 5.69 Å². The minimum Gasteiger partial charge on any atom is -0.467 e. The number of amides is 1. The summed E-state index contributed by atoms with van der Waals surface area (Å²) in [5.41, 5.74) is 4.15. The molecule has 0 atom stereocenters. The van der Waals surface area contributed by atoms with Gasteiger partial charge in [0.1, 0.15) is 5.76 Å². The number of aryl methyl sites for hydroxylation is 1. The van der Waals surface area contributed by atoms with E-state index in [0.29, 0.717) is 11.7 Å². The van der Waals surface area contributed by atoms with Crippen LogP contribution in [0.3, 0.4) is 0 Å². The van der Waals surface area contributed by atoms with E-state index in [9.17, 15) is 4.79 Å². The van der Waals surface area contributed by atoms with E-state index in [1.807, 2.05) is 41.8 Å². The van der Waals surface area contributed by atoms with E-state index in [2.05, 4.69) is 76.5 Å². The zero-order chi connectivity index (χ0) is 24.3. The third-order valence-corrected chi connectivity index (χ3v) is 6.97. The Morgan fingerprint density at radius 1 is 1.12 bits per heavy atom. The molecule has 0 aliphatic rings. The predicted octanol–water partition coefficient (Wildman–Crippen LogP) is 6.69. The van der Waals surface area contributed by atoms with Crippen LogP contribution < -0.4 is 5.32 Å². The number of carbonyl (C=O) groups is 1. The topological polar surface area (TPSA) is 73.0 Å². The summed E-state index contributed by atoms with van der Waals surface area (Å²) in [7, 11) is 0. The number of nitrogens with one attached hydrogen (secondary N) is 1. The van der Waals surface area contributed by atoms with Crippen LogP contribution in [0.15, 0.2) is 74.9 Å². The van der Waals surface area contributed by atoms with Crippen molar-refractivity contribution in [3.63, 3.8) is 0 Å². The van der Waals surface area contributed by atoms with Crippen molar-refractivity contribution in [1.82, 2.24) is 14.8 Å². The van der Waals surface area contributed by atoms with Crippen LogP contribution in [-0.2, 0) is 16.8 Å². The van der Waals surface area contributed by atoms with Gasteiger partial charge in [-0.15, -0.1) is 10.2 Å². The van der Waals surface area contributed by atoms with Crippen molar-refractivity contribution in [2.45, 2.75) is 44.8 Å². The molecule has 0 aliphatic carbocycles. The number of carbonyl (C=O) groups excluding carboxylic acids is 1. The number of rotatable bonds is 7. The summed E-state index contributed by atoms with van der Waals surface area (Å²) in [6.07, 6.45) is 1.65.